The Balaban J connectivity index is 1.34. The number of nitrogens with two attached hydrogens (primary N) is 2. The number of carboxylic acids is 2. The van der Waals surface area contributed by atoms with Crippen LogP contribution in [0.4, 0.5) is 5.13 Å². The number of thiazole rings is 1. The van der Waals surface area contributed by atoms with Gasteiger partial charge < -0.3 is 42.0 Å². The van der Waals surface area contributed by atoms with E-state index in [0.717, 1.165) is 28.0 Å². The smallest absolute Gasteiger partial charge is 0.352 e. The number of carbonyl (C=O) groups is 5. The van der Waals surface area contributed by atoms with Gasteiger partial charge in [-0.25, -0.2) is 14.6 Å². The molecule has 9 N–H and O–H groups in total. The van der Waals surface area contributed by atoms with Crippen LogP contribution in [0.15, 0.2) is 58.3 Å². The highest BCUT2D eigenvalue weighted by Crippen LogP contribution is 2.41. The number of aromatic hydroxyl groups is 2. The first-order valence-electron chi connectivity index (χ1n) is 13.8. The van der Waals surface area contributed by atoms with Crippen LogP contribution in [0.3, 0.4) is 0 Å². The normalized spacial score (nSPS) is 18.4. The number of hydrogen-bond acceptors (Lipinski definition) is 15. The number of fused-ring (bicyclic) bond motifs is 1. The fourth-order valence-corrected chi connectivity index (χ4v) is 6.57. The van der Waals surface area contributed by atoms with Gasteiger partial charge in [0.25, 0.3) is 11.8 Å². The summed E-state index contributed by atoms with van der Waals surface area (Å²) in [5.74, 6) is -6.05. The number of phenolic OH excluding ortho intramolecular Hbond substituents is 2. The highest BCUT2D eigenvalue weighted by Gasteiger charge is 2.55. The van der Waals surface area contributed by atoms with E-state index < -0.39 is 64.0 Å². The second-order valence-electron chi connectivity index (χ2n) is 10.9. The van der Waals surface area contributed by atoms with Crippen LogP contribution >= 0.6 is 23.1 Å². The number of pyridine rings is 1. The number of β-lactam (4-membered cyclic amide) rings is 1. The number of phenols is 2. The minimum absolute atomic E-state index is 0.0242. The molecule has 0 spiro atoms. The minimum Gasteiger partial charge on any atom is -0.504 e. The first-order chi connectivity index (χ1) is 22.6. The molecule has 2 aliphatic rings. The summed E-state index contributed by atoms with van der Waals surface area (Å²) in [6.45, 7) is 2.41. The summed E-state index contributed by atoms with van der Waals surface area (Å²) in [5.41, 5.74) is 9.99. The van der Waals surface area contributed by atoms with Crippen molar-refractivity contribution in [1.29, 1.82) is 0 Å². The van der Waals surface area contributed by atoms with E-state index >= 15 is 0 Å². The molecular weight excluding hydrogens is 670 g/mol. The van der Waals surface area contributed by atoms with Crippen molar-refractivity contribution in [3.05, 3.63) is 64.4 Å². The highest BCUT2D eigenvalue weighted by molar-refractivity contribution is 8.00. The Morgan fingerprint density at radius 3 is 2.46 bits per heavy atom. The van der Waals surface area contributed by atoms with Crippen LogP contribution in [0.2, 0.25) is 0 Å². The zero-order valence-corrected chi connectivity index (χ0v) is 26.6. The molecule has 2 amide bonds. The fourth-order valence-electron chi connectivity index (χ4n) is 4.62. The van der Waals surface area contributed by atoms with Gasteiger partial charge in [0.2, 0.25) is 5.60 Å². The second-order valence-corrected chi connectivity index (χ2v) is 12.9. The average molecular weight is 698 g/mol. The lowest BCUT2D eigenvalue weighted by Gasteiger charge is -2.49. The van der Waals surface area contributed by atoms with E-state index in [2.05, 4.69) is 20.4 Å². The molecule has 4 heterocycles. The number of rotatable bonds is 11. The zero-order valence-electron chi connectivity index (χ0n) is 25.0. The van der Waals surface area contributed by atoms with E-state index in [-0.39, 0.29) is 39.2 Å². The second kappa shape index (κ2) is 12.9. The van der Waals surface area contributed by atoms with E-state index in [1.807, 2.05) is 0 Å². The molecule has 0 bridgehead atoms. The van der Waals surface area contributed by atoms with Crippen molar-refractivity contribution in [2.45, 2.75) is 36.9 Å². The Morgan fingerprint density at radius 2 is 1.88 bits per heavy atom. The predicted molar refractivity (Wildman–Crippen MR) is 171 cm³/mol. The lowest BCUT2D eigenvalue weighted by Crippen LogP contribution is -2.71. The number of benzene rings is 1. The Bertz CT molecular complexity index is 1910. The molecule has 5 rings (SSSR count). The summed E-state index contributed by atoms with van der Waals surface area (Å²) in [6.07, 6.45) is 1.23. The quantitative estimate of drug-likeness (QED) is 0.0478. The summed E-state index contributed by atoms with van der Waals surface area (Å²) in [5, 5.41) is 45.5. The average Bonchev–Trinajstić information content (AvgIpc) is 3.48. The number of carbonyl (C=O) groups excluding carboxylic acids is 3. The number of anilines is 1. The Kier molecular flexibility index (Phi) is 9.11. The first-order valence-corrected chi connectivity index (χ1v) is 15.7. The third-order valence-electron chi connectivity index (χ3n) is 7.32. The Labute approximate surface area is 278 Å². The van der Waals surface area contributed by atoms with Gasteiger partial charge in [0, 0.05) is 28.5 Å². The van der Waals surface area contributed by atoms with Crippen LogP contribution in [0.25, 0.3) is 11.3 Å². The van der Waals surface area contributed by atoms with Gasteiger partial charge in [0.05, 0.1) is 11.7 Å². The van der Waals surface area contributed by atoms with Crippen molar-refractivity contribution in [1.82, 2.24) is 20.2 Å². The minimum atomic E-state index is -1.82. The first kappa shape index (κ1) is 33.8. The molecule has 17 nitrogen and oxygen atoms in total. The van der Waals surface area contributed by atoms with Gasteiger partial charge in [-0.3, -0.25) is 24.3 Å². The van der Waals surface area contributed by atoms with Crippen molar-refractivity contribution >= 4 is 63.5 Å². The van der Waals surface area contributed by atoms with E-state index in [9.17, 15) is 44.4 Å². The number of hydrogen-bond donors (Lipinski definition) is 7. The number of ketones is 1. The van der Waals surface area contributed by atoms with Crippen LogP contribution in [0.5, 0.6) is 11.5 Å². The highest BCUT2D eigenvalue weighted by atomic mass is 32.2. The molecule has 48 heavy (non-hydrogen) atoms. The van der Waals surface area contributed by atoms with E-state index in [4.69, 9.17) is 16.3 Å². The summed E-state index contributed by atoms with van der Waals surface area (Å²) < 4.78 is 0. The van der Waals surface area contributed by atoms with Crippen molar-refractivity contribution in [3.8, 4) is 22.8 Å². The maximum Gasteiger partial charge on any atom is 0.352 e. The molecule has 2 aliphatic heterocycles. The van der Waals surface area contributed by atoms with E-state index in [1.165, 1.54) is 55.8 Å². The van der Waals surface area contributed by atoms with Crippen molar-refractivity contribution < 1.29 is 49.2 Å². The van der Waals surface area contributed by atoms with Crippen molar-refractivity contribution in [2.75, 3.05) is 11.5 Å². The van der Waals surface area contributed by atoms with E-state index in [1.54, 1.807) is 0 Å². The summed E-state index contributed by atoms with van der Waals surface area (Å²) in [7, 11) is 0. The molecule has 0 saturated carbocycles. The largest absolute Gasteiger partial charge is 0.504 e. The molecule has 2 unspecified atom stereocenters. The van der Waals surface area contributed by atoms with Crippen LogP contribution in [-0.2, 0) is 24.0 Å². The van der Waals surface area contributed by atoms with Gasteiger partial charge in [-0.2, -0.15) is 0 Å². The number of nitrogens with zero attached hydrogens (tertiary/aromatic N) is 4. The van der Waals surface area contributed by atoms with Crippen LogP contribution in [-0.4, -0.2) is 99.4 Å². The van der Waals surface area contributed by atoms with Crippen molar-refractivity contribution in [3.63, 3.8) is 0 Å². The zero-order chi connectivity index (χ0) is 35.1. The number of oxime groups is 1. The molecule has 0 radical (unpaired) electrons. The number of aliphatic carboxylic acids is 2. The molecule has 2 aromatic heterocycles. The van der Waals surface area contributed by atoms with Gasteiger partial charge in [-0.05, 0) is 49.8 Å². The van der Waals surface area contributed by atoms with Crippen LogP contribution in [0.1, 0.15) is 29.9 Å². The number of amides is 2. The number of aromatic nitrogens is 2. The maximum absolute atomic E-state index is 13.3. The topological polar surface area (TPSA) is 281 Å². The van der Waals surface area contributed by atoms with Crippen LogP contribution in [0, 0.1) is 0 Å². The van der Waals surface area contributed by atoms with Gasteiger partial charge in [-0.15, -0.1) is 23.1 Å². The molecule has 3 atom stereocenters. The van der Waals surface area contributed by atoms with Crippen molar-refractivity contribution in [2.24, 2.45) is 10.9 Å². The lowest BCUT2D eigenvalue weighted by molar-refractivity contribution is -0.161. The molecule has 19 heteroatoms. The fraction of sp³-hybridized carbons (Fsp3) is 0.241. The monoisotopic (exact) mass is 697 g/mol. The SMILES string of the molecule is CC(C)(O/N=C(\C(=O)NC1C(=O)N2C(C(=O)O)=C(C(N)C(=O)c3ccc(-c4ccc(O)c(O)c4)nc3)CS[C@H]12)c1csc(N)n1)C(=O)O. The molecule has 3 aromatic rings. The van der Waals surface area contributed by atoms with Crippen LogP contribution < -0.4 is 16.8 Å². The molecule has 250 valence electrons. The van der Waals surface area contributed by atoms with Gasteiger partial charge in [0.15, 0.2) is 28.1 Å². The predicted octanol–water partition coefficient (Wildman–Crippen LogP) is 0.731. The molecule has 0 aliphatic carbocycles. The third kappa shape index (κ3) is 6.37. The van der Waals surface area contributed by atoms with Gasteiger partial charge in [-0.1, -0.05) is 5.16 Å². The molecule has 1 saturated heterocycles. The molecule has 1 fully saturated rings. The Morgan fingerprint density at radius 1 is 1.15 bits per heavy atom. The molecular formula is C29H27N7O10S2. The summed E-state index contributed by atoms with van der Waals surface area (Å²) in [6, 6.07) is 4.31. The number of thioether (sulfide) groups is 1. The number of nitrogen functional groups attached to an aromatic ring is 1. The Hall–Kier alpha value is -5.53. The van der Waals surface area contributed by atoms with E-state index in [0.29, 0.717) is 11.3 Å². The third-order valence-corrected chi connectivity index (χ3v) is 9.30. The number of Topliss-reactive ketones (excluding diaryl/α,β-unsaturated/α-hetero) is 1. The number of nitrogens with one attached hydrogen (secondary N) is 1. The lowest BCUT2D eigenvalue weighted by atomic mass is 9.95. The molecule has 1 aromatic carbocycles. The summed E-state index contributed by atoms with van der Waals surface area (Å²) in [4.78, 5) is 78.0. The van der Waals surface area contributed by atoms with Gasteiger partial charge in [0.1, 0.15) is 22.8 Å². The maximum atomic E-state index is 13.3. The summed E-state index contributed by atoms with van der Waals surface area (Å²) >= 11 is 2.04. The number of carboxylic acid groups (broad SMARTS) is 2. The standard InChI is InChI=1S/C29H27N7O10S2/c1-29(2,27(44)45)46-35-19(15-10-48-28(31)33-15)23(40)34-20-24(41)36-21(26(42)43)13(9-47-25(20)36)18(30)22(39)12-3-5-14(32-8-12)11-4-6-16(37)17(38)7-11/h3-8,10,18,20,25,37-38H,9,30H2,1-2H3,(H2,31,33)(H,34,40)(H,42,43)(H,44,45)/b35-19-/t18?,20?,25-/m1/s1. The van der Waals surface area contributed by atoms with Gasteiger partial charge >= 0.3 is 11.9 Å².